The first-order valence-electron chi connectivity index (χ1n) is 5.66. The summed E-state index contributed by atoms with van der Waals surface area (Å²) in [6.45, 7) is 2.19. The van der Waals surface area contributed by atoms with Gasteiger partial charge in [0.1, 0.15) is 0 Å². The molecule has 0 aliphatic rings. The number of hydrogen-bond acceptors (Lipinski definition) is 3. The van der Waals surface area contributed by atoms with Gasteiger partial charge >= 0.3 is 0 Å². The van der Waals surface area contributed by atoms with Crippen molar-refractivity contribution < 1.29 is 9.47 Å². The molecule has 1 rings (SSSR count). The quantitative estimate of drug-likeness (QED) is 0.804. The van der Waals surface area contributed by atoms with Gasteiger partial charge in [-0.3, -0.25) is 0 Å². The summed E-state index contributed by atoms with van der Waals surface area (Å²) in [5.41, 5.74) is 1.24. The molecule has 3 heteroatoms. The lowest BCUT2D eigenvalue weighted by molar-refractivity contribution is 0.353. The summed E-state index contributed by atoms with van der Waals surface area (Å²) in [4.78, 5) is 0. The molecule has 3 nitrogen and oxygen atoms in total. The molecule has 0 heterocycles. The first-order valence-corrected chi connectivity index (χ1v) is 5.66. The van der Waals surface area contributed by atoms with Crippen LogP contribution in [0.3, 0.4) is 0 Å². The van der Waals surface area contributed by atoms with E-state index in [-0.39, 0.29) is 0 Å². The zero-order valence-corrected chi connectivity index (χ0v) is 10.5. The number of methoxy groups -OCH3 is 2. The first kappa shape index (κ1) is 12.8. The van der Waals surface area contributed by atoms with Crippen molar-refractivity contribution in [1.82, 2.24) is 5.32 Å². The van der Waals surface area contributed by atoms with Crippen molar-refractivity contribution in [2.45, 2.75) is 25.8 Å². The van der Waals surface area contributed by atoms with Gasteiger partial charge in [0.25, 0.3) is 0 Å². The van der Waals surface area contributed by atoms with Gasteiger partial charge in [0, 0.05) is 6.04 Å². The highest BCUT2D eigenvalue weighted by Crippen LogP contribution is 2.30. The van der Waals surface area contributed by atoms with Gasteiger partial charge in [-0.15, -0.1) is 0 Å². The van der Waals surface area contributed by atoms with Crippen LogP contribution in [-0.4, -0.2) is 21.3 Å². The van der Waals surface area contributed by atoms with Gasteiger partial charge in [0.05, 0.1) is 14.2 Å². The molecular formula is C13H21NO2. The fourth-order valence-corrected chi connectivity index (χ4v) is 1.84. The van der Waals surface area contributed by atoms with Gasteiger partial charge in [-0.05, 0) is 31.2 Å². The number of hydrogen-bond donors (Lipinski definition) is 1. The van der Waals surface area contributed by atoms with Crippen LogP contribution in [0, 0.1) is 0 Å². The third-order valence-electron chi connectivity index (χ3n) is 2.74. The van der Waals surface area contributed by atoms with Gasteiger partial charge in [-0.25, -0.2) is 0 Å². The highest BCUT2D eigenvalue weighted by Gasteiger charge is 2.11. The molecule has 0 amide bonds. The van der Waals surface area contributed by atoms with E-state index in [9.17, 15) is 0 Å². The van der Waals surface area contributed by atoms with Crippen LogP contribution in [0.1, 0.15) is 31.4 Å². The molecule has 0 aromatic heterocycles. The highest BCUT2D eigenvalue weighted by atomic mass is 16.5. The monoisotopic (exact) mass is 223 g/mol. The van der Waals surface area contributed by atoms with Gasteiger partial charge in [0.2, 0.25) is 0 Å². The van der Waals surface area contributed by atoms with E-state index in [1.807, 2.05) is 19.2 Å². The van der Waals surface area contributed by atoms with E-state index in [0.29, 0.717) is 6.04 Å². The Balaban J connectivity index is 2.96. The first-order chi connectivity index (χ1) is 7.76. The smallest absolute Gasteiger partial charge is 0.161 e. The maximum Gasteiger partial charge on any atom is 0.161 e. The van der Waals surface area contributed by atoms with Crippen LogP contribution < -0.4 is 14.8 Å². The van der Waals surface area contributed by atoms with Gasteiger partial charge in [-0.1, -0.05) is 19.4 Å². The van der Waals surface area contributed by atoms with Crippen LogP contribution in [0.2, 0.25) is 0 Å². The minimum atomic E-state index is 0.379. The summed E-state index contributed by atoms with van der Waals surface area (Å²) < 4.78 is 10.5. The summed E-state index contributed by atoms with van der Waals surface area (Å²) in [7, 11) is 5.30. The van der Waals surface area contributed by atoms with Crippen molar-refractivity contribution in [2.24, 2.45) is 0 Å². The van der Waals surface area contributed by atoms with Gasteiger partial charge < -0.3 is 14.8 Å². The molecule has 90 valence electrons. The molecule has 16 heavy (non-hydrogen) atoms. The molecule has 0 saturated carbocycles. The van der Waals surface area contributed by atoms with Crippen molar-refractivity contribution in [3.05, 3.63) is 23.8 Å². The minimum Gasteiger partial charge on any atom is -0.493 e. The second kappa shape index (κ2) is 6.38. The van der Waals surface area contributed by atoms with Crippen molar-refractivity contribution in [1.29, 1.82) is 0 Å². The molecule has 0 fully saturated rings. The summed E-state index contributed by atoms with van der Waals surface area (Å²) in [5, 5.41) is 3.31. The minimum absolute atomic E-state index is 0.379. The molecule has 0 aliphatic heterocycles. The lowest BCUT2D eigenvalue weighted by atomic mass is 10.0. The largest absolute Gasteiger partial charge is 0.493 e. The molecular weight excluding hydrogens is 202 g/mol. The van der Waals surface area contributed by atoms with Crippen LogP contribution >= 0.6 is 0 Å². The summed E-state index contributed by atoms with van der Waals surface area (Å²) in [5.74, 6) is 1.56. The standard InChI is InChI=1S/C13H21NO2/c1-5-6-11(14-2)10-7-8-12(15-3)13(9-10)16-4/h7-9,11,14H,5-6H2,1-4H3. The Morgan fingerprint density at radius 3 is 2.38 bits per heavy atom. The lowest BCUT2D eigenvalue weighted by Crippen LogP contribution is -2.16. The van der Waals surface area contributed by atoms with E-state index in [2.05, 4.69) is 18.3 Å². The van der Waals surface area contributed by atoms with E-state index in [0.717, 1.165) is 24.3 Å². The average molecular weight is 223 g/mol. The molecule has 1 aromatic rings. The van der Waals surface area contributed by atoms with E-state index in [1.54, 1.807) is 14.2 Å². The van der Waals surface area contributed by atoms with Gasteiger partial charge in [-0.2, -0.15) is 0 Å². The molecule has 0 saturated heterocycles. The Morgan fingerprint density at radius 2 is 1.88 bits per heavy atom. The summed E-state index contributed by atoms with van der Waals surface area (Å²) in [6.07, 6.45) is 2.27. The third kappa shape index (κ3) is 2.89. The number of benzene rings is 1. The Bertz CT molecular complexity index is 326. The van der Waals surface area contributed by atoms with Crippen LogP contribution in [0.15, 0.2) is 18.2 Å². The van der Waals surface area contributed by atoms with E-state index in [1.165, 1.54) is 5.56 Å². The average Bonchev–Trinajstić information content (AvgIpc) is 2.35. The molecule has 0 aliphatic carbocycles. The second-order valence-electron chi connectivity index (χ2n) is 3.74. The Morgan fingerprint density at radius 1 is 1.19 bits per heavy atom. The second-order valence-corrected chi connectivity index (χ2v) is 3.74. The predicted molar refractivity (Wildman–Crippen MR) is 66.3 cm³/mol. The predicted octanol–water partition coefficient (Wildman–Crippen LogP) is 2.76. The molecule has 1 aromatic carbocycles. The maximum atomic E-state index is 5.30. The highest BCUT2D eigenvalue weighted by molar-refractivity contribution is 5.43. The number of ether oxygens (including phenoxy) is 2. The molecule has 0 spiro atoms. The van der Waals surface area contributed by atoms with E-state index in [4.69, 9.17) is 9.47 Å². The molecule has 1 unspecified atom stereocenters. The van der Waals surface area contributed by atoms with Crippen molar-refractivity contribution in [2.75, 3.05) is 21.3 Å². The molecule has 0 radical (unpaired) electrons. The fraction of sp³-hybridized carbons (Fsp3) is 0.538. The Kier molecular flexibility index (Phi) is 5.12. The van der Waals surface area contributed by atoms with Crippen molar-refractivity contribution >= 4 is 0 Å². The van der Waals surface area contributed by atoms with Crippen LogP contribution in [0.5, 0.6) is 11.5 Å². The zero-order valence-electron chi connectivity index (χ0n) is 10.5. The van der Waals surface area contributed by atoms with E-state index < -0.39 is 0 Å². The summed E-state index contributed by atoms with van der Waals surface area (Å²) in [6, 6.07) is 6.45. The summed E-state index contributed by atoms with van der Waals surface area (Å²) >= 11 is 0. The third-order valence-corrected chi connectivity index (χ3v) is 2.74. The van der Waals surface area contributed by atoms with Crippen molar-refractivity contribution in [3.63, 3.8) is 0 Å². The molecule has 0 bridgehead atoms. The van der Waals surface area contributed by atoms with Crippen molar-refractivity contribution in [3.8, 4) is 11.5 Å². The van der Waals surface area contributed by atoms with Gasteiger partial charge in [0.15, 0.2) is 11.5 Å². The zero-order chi connectivity index (χ0) is 12.0. The molecule has 1 N–H and O–H groups in total. The topological polar surface area (TPSA) is 30.5 Å². The number of nitrogens with one attached hydrogen (secondary N) is 1. The number of rotatable bonds is 6. The Hall–Kier alpha value is -1.22. The Labute approximate surface area is 97.8 Å². The van der Waals surface area contributed by atoms with Crippen LogP contribution in [0.4, 0.5) is 0 Å². The van der Waals surface area contributed by atoms with Crippen LogP contribution in [0.25, 0.3) is 0 Å². The van der Waals surface area contributed by atoms with Crippen LogP contribution in [-0.2, 0) is 0 Å². The maximum absolute atomic E-state index is 5.30. The van der Waals surface area contributed by atoms with E-state index >= 15 is 0 Å². The lowest BCUT2D eigenvalue weighted by Gasteiger charge is -2.17. The fourth-order valence-electron chi connectivity index (χ4n) is 1.84. The SMILES string of the molecule is CCCC(NC)c1ccc(OC)c(OC)c1. The molecule has 1 atom stereocenters. The normalized spacial score (nSPS) is 12.2.